The Morgan fingerprint density at radius 3 is 2.78 bits per heavy atom. The van der Waals surface area contributed by atoms with E-state index in [0.29, 0.717) is 43.0 Å². The standard InChI is InChI=1S/C29H33FN8O2S/c1-20(2)35-28(39)21-5-6-25(24(30)13-21)37-16-29(17-37,8-9-31)38-15-22(14-34-38)26-23-7-10-36(27(23)33-18-32-26)19-40-11-12-41(3)4/h5-7,10,13-15,18,20H,8,11-12,16-17,19H2,1-4H3/p+1. The molecule has 4 aromatic rings. The second-order valence-electron chi connectivity index (χ2n) is 10.9. The highest BCUT2D eigenvalue weighted by Gasteiger charge is 2.46. The topological polar surface area (TPSA) is 114 Å². The summed E-state index contributed by atoms with van der Waals surface area (Å²) in [6.45, 7) is 5.62. The zero-order valence-electron chi connectivity index (χ0n) is 23.7. The van der Waals surface area contributed by atoms with Gasteiger partial charge in [0.25, 0.3) is 5.91 Å². The Balaban J connectivity index is 1.33. The molecule has 0 radical (unpaired) electrons. The van der Waals surface area contributed by atoms with Crippen molar-refractivity contribution in [3.63, 3.8) is 0 Å². The number of ether oxygens (including phenoxy) is 1. The number of nitrogens with zero attached hydrogens (tertiary/aromatic N) is 7. The first-order valence-corrected chi connectivity index (χ1v) is 15.6. The summed E-state index contributed by atoms with van der Waals surface area (Å²) < 4.78 is 24.6. The highest BCUT2D eigenvalue weighted by molar-refractivity contribution is 7.95. The van der Waals surface area contributed by atoms with E-state index < -0.39 is 11.4 Å². The van der Waals surface area contributed by atoms with Crippen LogP contribution in [0.2, 0.25) is 0 Å². The van der Waals surface area contributed by atoms with Gasteiger partial charge in [0.05, 0.1) is 49.2 Å². The molecule has 5 rings (SSSR count). The molecule has 3 aromatic heterocycles. The lowest BCUT2D eigenvalue weighted by Gasteiger charge is -2.50. The molecule has 0 unspecified atom stereocenters. The van der Waals surface area contributed by atoms with Gasteiger partial charge in [0.2, 0.25) is 0 Å². The molecule has 1 N–H and O–H groups in total. The van der Waals surface area contributed by atoms with E-state index in [1.165, 1.54) is 12.4 Å². The van der Waals surface area contributed by atoms with Crippen molar-refractivity contribution >= 4 is 33.5 Å². The first-order chi connectivity index (χ1) is 19.7. The molecule has 0 bridgehead atoms. The number of aromatic nitrogens is 5. The van der Waals surface area contributed by atoms with Gasteiger partial charge in [-0.1, -0.05) is 0 Å². The number of benzene rings is 1. The monoisotopic (exact) mass is 577 g/mol. The predicted octanol–water partition coefficient (Wildman–Crippen LogP) is 3.55. The lowest BCUT2D eigenvalue weighted by Crippen LogP contribution is -2.63. The summed E-state index contributed by atoms with van der Waals surface area (Å²) in [6, 6.07) is 8.69. The van der Waals surface area contributed by atoms with Crippen LogP contribution in [0.15, 0.2) is 49.2 Å². The number of halogens is 1. The summed E-state index contributed by atoms with van der Waals surface area (Å²) in [6.07, 6.45) is 11.7. The fraction of sp³-hybridized carbons (Fsp3) is 0.414. The second kappa shape index (κ2) is 11.9. The smallest absolute Gasteiger partial charge is 0.251 e. The van der Waals surface area contributed by atoms with Crippen LogP contribution in [0.1, 0.15) is 30.6 Å². The van der Waals surface area contributed by atoms with Gasteiger partial charge in [-0.25, -0.2) is 14.4 Å². The van der Waals surface area contributed by atoms with Crippen LogP contribution in [0.25, 0.3) is 22.3 Å². The van der Waals surface area contributed by atoms with Crippen molar-refractivity contribution in [1.82, 2.24) is 29.6 Å². The number of amides is 1. The van der Waals surface area contributed by atoms with Crippen molar-refractivity contribution < 1.29 is 13.9 Å². The van der Waals surface area contributed by atoms with Crippen LogP contribution in [0.5, 0.6) is 0 Å². The van der Waals surface area contributed by atoms with Gasteiger partial charge in [-0.05, 0) is 49.0 Å². The number of carbonyl (C=O) groups excluding carboxylic acids is 1. The molecule has 10 nitrogen and oxygen atoms in total. The Kier molecular flexibility index (Phi) is 8.28. The molecule has 0 spiro atoms. The lowest BCUT2D eigenvalue weighted by atomic mass is 9.86. The minimum absolute atomic E-state index is 0.0432. The van der Waals surface area contributed by atoms with Crippen molar-refractivity contribution in [3.8, 4) is 17.3 Å². The number of rotatable bonds is 11. The van der Waals surface area contributed by atoms with E-state index in [9.17, 15) is 10.1 Å². The molecule has 41 heavy (non-hydrogen) atoms. The zero-order valence-corrected chi connectivity index (χ0v) is 24.5. The summed E-state index contributed by atoms with van der Waals surface area (Å²) in [5, 5.41) is 17.9. The van der Waals surface area contributed by atoms with Crippen LogP contribution in [-0.2, 0) is 27.9 Å². The van der Waals surface area contributed by atoms with Crippen LogP contribution >= 0.6 is 0 Å². The van der Waals surface area contributed by atoms with Gasteiger partial charge >= 0.3 is 0 Å². The Hall–Kier alpha value is -3.95. The molecule has 0 atom stereocenters. The summed E-state index contributed by atoms with van der Waals surface area (Å²) >= 11 is 0. The molecule has 1 amide bonds. The number of nitrogens with one attached hydrogen (secondary N) is 1. The van der Waals surface area contributed by atoms with Gasteiger partial charge in [0.15, 0.2) is 0 Å². The largest absolute Gasteiger partial charge is 0.364 e. The van der Waals surface area contributed by atoms with Gasteiger partial charge in [-0.2, -0.15) is 10.4 Å². The van der Waals surface area contributed by atoms with E-state index in [1.54, 1.807) is 23.0 Å². The van der Waals surface area contributed by atoms with Crippen molar-refractivity contribution in [2.45, 2.75) is 38.6 Å². The fourth-order valence-corrected chi connectivity index (χ4v) is 5.45. The SMILES string of the molecule is CC(C)NC(=O)c1ccc(N2CC(CC#N)(n3cc(-c4ncnc5c4ccn5COCC[S+](C)C)cn3)C2)c(F)c1. The van der Waals surface area contributed by atoms with Gasteiger partial charge < -0.3 is 19.5 Å². The maximum absolute atomic E-state index is 15.0. The highest BCUT2D eigenvalue weighted by Crippen LogP contribution is 2.38. The molecule has 1 saturated heterocycles. The molecular formula is C29H34FN8O2S+. The Morgan fingerprint density at radius 2 is 2.07 bits per heavy atom. The maximum atomic E-state index is 15.0. The van der Waals surface area contributed by atoms with E-state index in [1.807, 2.05) is 41.8 Å². The fourth-order valence-electron chi connectivity index (χ4n) is 5.00. The summed E-state index contributed by atoms with van der Waals surface area (Å²) in [4.78, 5) is 23.1. The van der Waals surface area contributed by atoms with E-state index in [4.69, 9.17) is 4.74 Å². The minimum atomic E-state index is -0.615. The normalized spacial score (nSPS) is 14.4. The minimum Gasteiger partial charge on any atom is -0.364 e. The number of nitriles is 1. The van der Waals surface area contributed by atoms with Crippen LogP contribution < -0.4 is 10.2 Å². The third kappa shape index (κ3) is 5.92. The third-order valence-corrected chi connectivity index (χ3v) is 8.10. The van der Waals surface area contributed by atoms with E-state index in [-0.39, 0.29) is 23.9 Å². The first-order valence-electron chi connectivity index (χ1n) is 13.4. The van der Waals surface area contributed by atoms with E-state index >= 15 is 4.39 Å². The van der Waals surface area contributed by atoms with Gasteiger partial charge in [-0.3, -0.25) is 9.48 Å². The molecular weight excluding hydrogens is 543 g/mol. The number of hydrogen-bond donors (Lipinski definition) is 1. The van der Waals surface area contributed by atoms with Crippen LogP contribution in [-0.4, -0.2) is 74.2 Å². The van der Waals surface area contributed by atoms with Crippen LogP contribution in [0, 0.1) is 17.1 Å². The Labute approximate surface area is 241 Å². The zero-order chi connectivity index (χ0) is 29.1. The summed E-state index contributed by atoms with van der Waals surface area (Å²) in [7, 11) is 0.333. The number of fused-ring (bicyclic) bond motifs is 1. The molecule has 0 aliphatic carbocycles. The Morgan fingerprint density at radius 1 is 1.27 bits per heavy atom. The lowest BCUT2D eigenvalue weighted by molar-refractivity contribution is 0.0924. The van der Waals surface area contributed by atoms with E-state index in [0.717, 1.165) is 28.0 Å². The first kappa shape index (κ1) is 28.6. The molecule has 214 valence electrons. The molecule has 4 heterocycles. The molecule has 0 saturated carbocycles. The molecule has 12 heteroatoms. The predicted molar refractivity (Wildman–Crippen MR) is 158 cm³/mol. The van der Waals surface area contributed by atoms with E-state index in [2.05, 4.69) is 39.0 Å². The van der Waals surface area contributed by atoms with Crippen molar-refractivity contribution in [1.29, 1.82) is 5.26 Å². The number of anilines is 1. The van der Waals surface area contributed by atoms with Crippen molar-refractivity contribution in [2.75, 3.05) is 42.9 Å². The third-order valence-electron chi connectivity index (χ3n) is 7.11. The van der Waals surface area contributed by atoms with Gasteiger partial charge in [0.1, 0.15) is 35.8 Å². The van der Waals surface area contributed by atoms with Crippen molar-refractivity contribution in [3.05, 3.63) is 60.6 Å². The summed E-state index contributed by atoms with van der Waals surface area (Å²) in [5.74, 6) is 0.230. The molecule has 1 aliphatic heterocycles. The quantitative estimate of drug-likeness (QED) is 0.214. The maximum Gasteiger partial charge on any atom is 0.251 e. The van der Waals surface area contributed by atoms with Crippen molar-refractivity contribution in [2.24, 2.45) is 0 Å². The molecule has 1 aliphatic rings. The summed E-state index contributed by atoms with van der Waals surface area (Å²) in [5.41, 5.74) is 2.37. The molecule has 1 fully saturated rings. The van der Waals surface area contributed by atoms with Gasteiger partial charge in [-0.15, -0.1) is 0 Å². The average molecular weight is 578 g/mol. The average Bonchev–Trinajstić information content (AvgIpc) is 3.56. The van der Waals surface area contributed by atoms with Crippen LogP contribution in [0.3, 0.4) is 0 Å². The van der Waals surface area contributed by atoms with Crippen LogP contribution in [0.4, 0.5) is 10.1 Å². The molecule has 1 aromatic carbocycles. The Bertz CT molecular complexity index is 1590. The highest BCUT2D eigenvalue weighted by atomic mass is 32.2. The second-order valence-corrected chi connectivity index (χ2v) is 13.2. The number of carbonyl (C=O) groups is 1. The van der Waals surface area contributed by atoms with Gasteiger partial charge in [0, 0.05) is 48.0 Å². The number of hydrogen-bond acceptors (Lipinski definition) is 7.